The largest absolute Gasteiger partial charge is 0.494 e. The predicted molar refractivity (Wildman–Crippen MR) is 103 cm³/mol. The van der Waals surface area contributed by atoms with Crippen molar-refractivity contribution in [3.63, 3.8) is 0 Å². The number of rotatable bonds is 11. The average molecular weight is 348 g/mol. The monoisotopic (exact) mass is 348 g/mol. The minimum absolute atomic E-state index is 0.0639. The molecule has 0 aliphatic carbocycles. The van der Waals surface area contributed by atoms with Gasteiger partial charge < -0.3 is 20.7 Å². The highest BCUT2D eigenvalue weighted by molar-refractivity contribution is 5.81. The number of guanidine groups is 1. The molecule has 0 fully saturated rings. The van der Waals surface area contributed by atoms with Crippen LogP contribution < -0.4 is 20.7 Å². The summed E-state index contributed by atoms with van der Waals surface area (Å²) in [5.74, 6) is 1.68. The summed E-state index contributed by atoms with van der Waals surface area (Å²) in [6.45, 7) is 8.73. The second-order valence-electron chi connectivity index (χ2n) is 5.83. The summed E-state index contributed by atoms with van der Waals surface area (Å²) in [6, 6.07) is 9.99. The summed E-state index contributed by atoms with van der Waals surface area (Å²) in [7, 11) is 0. The normalized spacial score (nSPS) is 12.4. The Balaban J connectivity index is 2.23. The van der Waals surface area contributed by atoms with Crippen molar-refractivity contribution in [1.29, 1.82) is 0 Å². The quantitative estimate of drug-likeness (QED) is 0.326. The summed E-state index contributed by atoms with van der Waals surface area (Å²) in [6.07, 6.45) is 2.21. The van der Waals surface area contributed by atoms with Gasteiger partial charge in [-0.1, -0.05) is 25.1 Å². The molecular weight excluding hydrogens is 316 g/mol. The van der Waals surface area contributed by atoms with Gasteiger partial charge in [-0.05, 0) is 32.4 Å². The number of hydrogen-bond acceptors (Lipinski definition) is 3. The van der Waals surface area contributed by atoms with Crippen molar-refractivity contribution in [1.82, 2.24) is 16.0 Å². The van der Waals surface area contributed by atoms with Crippen molar-refractivity contribution < 1.29 is 9.53 Å². The molecule has 0 spiro atoms. The van der Waals surface area contributed by atoms with Crippen molar-refractivity contribution in [2.24, 2.45) is 4.99 Å². The highest BCUT2D eigenvalue weighted by Gasteiger charge is 2.05. The van der Waals surface area contributed by atoms with Crippen LogP contribution >= 0.6 is 0 Å². The van der Waals surface area contributed by atoms with E-state index >= 15 is 0 Å². The van der Waals surface area contributed by atoms with E-state index < -0.39 is 0 Å². The molecule has 0 saturated heterocycles. The Morgan fingerprint density at radius 2 is 1.96 bits per heavy atom. The van der Waals surface area contributed by atoms with E-state index in [2.05, 4.69) is 27.9 Å². The van der Waals surface area contributed by atoms with E-state index in [4.69, 9.17) is 4.74 Å². The number of nitrogens with one attached hydrogen (secondary N) is 3. The van der Waals surface area contributed by atoms with Crippen molar-refractivity contribution in [2.45, 2.75) is 46.1 Å². The molecule has 1 aromatic rings. The Labute approximate surface area is 151 Å². The van der Waals surface area contributed by atoms with E-state index in [1.165, 1.54) is 0 Å². The molecule has 0 aliphatic heterocycles. The lowest BCUT2D eigenvalue weighted by atomic mass is 10.2. The predicted octanol–water partition coefficient (Wildman–Crippen LogP) is 2.32. The first-order chi connectivity index (χ1) is 12.2. The van der Waals surface area contributed by atoms with Crippen LogP contribution in [0, 0.1) is 0 Å². The van der Waals surface area contributed by atoms with Gasteiger partial charge in [0.2, 0.25) is 5.91 Å². The molecule has 25 heavy (non-hydrogen) atoms. The zero-order valence-electron chi connectivity index (χ0n) is 15.7. The van der Waals surface area contributed by atoms with E-state index in [0.29, 0.717) is 26.1 Å². The van der Waals surface area contributed by atoms with Crippen molar-refractivity contribution >= 4 is 11.9 Å². The second kappa shape index (κ2) is 13.1. The first-order valence-corrected chi connectivity index (χ1v) is 9.15. The lowest BCUT2D eigenvalue weighted by Gasteiger charge is -2.13. The first kappa shape index (κ1) is 20.8. The molecule has 6 heteroatoms. The Morgan fingerprint density at radius 1 is 1.20 bits per heavy atom. The van der Waals surface area contributed by atoms with Gasteiger partial charge >= 0.3 is 0 Å². The summed E-state index contributed by atoms with van der Waals surface area (Å²) in [5.41, 5.74) is 0. The van der Waals surface area contributed by atoms with Crippen LogP contribution in [-0.4, -0.2) is 44.1 Å². The number of aliphatic imine (C=N–C) groups is 1. The van der Waals surface area contributed by atoms with Gasteiger partial charge in [0, 0.05) is 38.5 Å². The molecule has 3 N–H and O–H groups in total. The third kappa shape index (κ3) is 10.3. The molecule has 1 unspecified atom stereocenters. The van der Waals surface area contributed by atoms with Crippen LogP contribution in [0.3, 0.4) is 0 Å². The Bertz CT molecular complexity index is 505. The van der Waals surface area contributed by atoms with E-state index in [1.54, 1.807) is 0 Å². The maximum Gasteiger partial charge on any atom is 0.221 e. The standard InChI is InChI=1S/C19H32N4O2/c1-4-16(3)23-18(24)12-14-22-19(20-5-2)21-13-9-15-25-17-10-7-6-8-11-17/h6-8,10-11,16H,4-5,9,12-15H2,1-3H3,(H,23,24)(H2,20,21,22). The fourth-order valence-electron chi connectivity index (χ4n) is 2.05. The van der Waals surface area contributed by atoms with Crippen molar-refractivity contribution in [3.8, 4) is 5.75 Å². The smallest absolute Gasteiger partial charge is 0.221 e. The van der Waals surface area contributed by atoms with Crippen LogP contribution in [0.15, 0.2) is 35.3 Å². The molecule has 0 aliphatic rings. The van der Waals surface area contributed by atoms with E-state index in [1.807, 2.05) is 44.2 Å². The summed E-state index contributed by atoms with van der Waals surface area (Å²) < 4.78 is 5.64. The maximum atomic E-state index is 11.8. The molecule has 0 radical (unpaired) electrons. The lowest BCUT2D eigenvalue weighted by Crippen LogP contribution is -2.40. The maximum absolute atomic E-state index is 11.8. The molecule has 0 aromatic heterocycles. The van der Waals surface area contributed by atoms with Gasteiger partial charge in [-0.3, -0.25) is 9.79 Å². The molecule has 1 atom stereocenters. The number of nitrogens with zero attached hydrogens (tertiary/aromatic N) is 1. The fourth-order valence-corrected chi connectivity index (χ4v) is 2.05. The summed E-state index contributed by atoms with van der Waals surface area (Å²) >= 11 is 0. The molecule has 1 aromatic carbocycles. The van der Waals surface area contributed by atoms with Gasteiger partial charge in [0.25, 0.3) is 0 Å². The molecule has 0 heterocycles. The Kier molecular flexibility index (Phi) is 10.9. The number of carbonyl (C=O) groups is 1. The van der Waals surface area contributed by atoms with Gasteiger partial charge in [-0.25, -0.2) is 0 Å². The molecule has 1 rings (SSSR count). The Morgan fingerprint density at radius 3 is 2.64 bits per heavy atom. The third-order valence-electron chi connectivity index (χ3n) is 3.59. The van der Waals surface area contributed by atoms with E-state index in [-0.39, 0.29) is 11.9 Å². The average Bonchev–Trinajstić information content (AvgIpc) is 2.62. The van der Waals surface area contributed by atoms with Crippen molar-refractivity contribution in [2.75, 3.05) is 26.2 Å². The molecule has 6 nitrogen and oxygen atoms in total. The third-order valence-corrected chi connectivity index (χ3v) is 3.59. The highest BCUT2D eigenvalue weighted by Crippen LogP contribution is 2.08. The Hall–Kier alpha value is -2.24. The number of carbonyl (C=O) groups excluding carboxylic acids is 1. The zero-order chi connectivity index (χ0) is 18.3. The molecule has 0 saturated carbocycles. The lowest BCUT2D eigenvalue weighted by molar-refractivity contribution is -0.121. The van der Waals surface area contributed by atoms with Crippen LogP contribution in [0.5, 0.6) is 5.75 Å². The number of benzene rings is 1. The topological polar surface area (TPSA) is 74.8 Å². The van der Waals surface area contributed by atoms with Gasteiger partial charge in [-0.2, -0.15) is 0 Å². The minimum atomic E-state index is 0.0639. The number of amides is 1. The SMILES string of the molecule is CCNC(=NCCCOc1ccccc1)NCCC(=O)NC(C)CC. The van der Waals surface area contributed by atoms with Crippen molar-refractivity contribution in [3.05, 3.63) is 30.3 Å². The zero-order valence-corrected chi connectivity index (χ0v) is 15.7. The number of ether oxygens (including phenoxy) is 1. The summed E-state index contributed by atoms with van der Waals surface area (Å²) in [5, 5.41) is 9.33. The van der Waals surface area contributed by atoms with Gasteiger partial charge in [0.15, 0.2) is 5.96 Å². The number of hydrogen-bond donors (Lipinski definition) is 3. The first-order valence-electron chi connectivity index (χ1n) is 9.15. The summed E-state index contributed by atoms with van der Waals surface area (Å²) in [4.78, 5) is 16.3. The van der Waals surface area contributed by atoms with Gasteiger partial charge in [0.05, 0.1) is 6.61 Å². The van der Waals surface area contributed by atoms with Crippen LogP contribution in [0.4, 0.5) is 0 Å². The highest BCUT2D eigenvalue weighted by atomic mass is 16.5. The van der Waals surface area contributed by atoms with Crippen LogP contribution in [0.1, 0.15) is 40.0 Å². The molecular formula is C19H32N4O2. The van der Waals surface area contributed by atoms with Crippen LogP contribution in [-0.2, 0) is 4.79 Å². The van der Waals surface area contributed by atoms with Crippen LogP contribution in [0.25, 0.3) is 0 Å². The van der Waals surface area contributed by atoms with Gasteiger partial charge in [-0.15, -0.1) is 0 Å². The molecule has 1 amide bonds. The van der Waals surface area contributed by atoms with Gasteiger partial charge in [0.1, 0.15) is 5.75 Å². The van der Waals surface area contributed by atoms with Crippen LogP contribution in [0.2, 0.25) is 0 Å². The fraction of sp³-hybridized carbons (Fsp3) is 0.579. The minimum Gasteiger partial charge on any atom is -0.494 e. The van der Waals surface area contributed by atoms with E-state index in [9.17, 15) is 4.79 Å². The molecule has 140 valence electrons. The number of para-hydroxylation sites is 1. The molecule has 0 bridgehead atoms. The van der Waals surface area contributed by atoms with E-state index in [0.717, 1.165) is 31.1 Å². The second-order valence-corrected chi connectivity index (χ2v) is 5.83.